The molecule has 28 heavy (non-hydrogen) atoms. The zero-order chi connectivity index (χ0) is 19.7. The highest BCUT2D eigenvalue weighted by Gasteiger charge is 2.20. The zero-order valence-electron chi connectivity index (χ0n) is 15.5. The highest BCUT2D eigenvalue weighted by Crippen LogP contribution is 2.28. The van der Waals surface area contributed by atoms with Crippen molar-refractivity contribution in [3.8, 4) is 11.3 Å². The number of benzene rings is 2. The maximum absolute atomic E-state index is 13.3. The third-order valence-corrected chi connectivity index (χ3v) is 4.65. The second-order valence-corrected chi connectivity index (χ2v) is 6.47. The first-order valence-corrected chi connectivity index (χ1v) is 8.99. The van der Waals surface area contributed by atoms with Crippen LogP contribution in [0.15, 0.2) is 59.1 Å². The van der Waals surface area contributed by atoms with Gasteiger partial charge >= 0.3 is 0 Å². The van der Waals surface area contributed by atoms with E-state index >= 15 is 0 Å². The minimum atomic E-state index is -0.338. The van der Waals surface area contributed by atoms with Crippen LogP contribution in [0.1, 0.15) is 28.5 Å². The molecule has 2 aromatic heterocycles. The molecule has 0 atom stereocenters. The number of aryl methyl sites for hydroxylation is 2. The highest BCUT2D eigenvalue weighted by molar-refractivity contribution is 6.13. The van der Waals surface area contributed by atoms with E-state index < -0.39 is 0 Å². The van der Waals surface area contributed by atoms with E-state index in [4.69, 9.17) is 4.52 Å². The molecule has 0 saturated heterocycles. The number of rotatable bonds is 4. The normalized spacial score (nSPS) is 11.0. The molecule has 0 aliphatic heterocycles. The quantitative estimate of drug-likeness (QED) is 0.535. The Hall–Kier alpha value is -3.54. The predicted molar refractivity (Wildman–Crippen MR) is 106 cm³/mol. The number of pyridine rings is 1. The average Bonchev–Trinajstić information content (AvgIpc) is 3.09. The van der Waals surface area contributed by atoms with Crippen LogP contribution in [-0.4, -0.2) is 16.0 Å². The van der Waals surface area contributed by atoms with Crippen molar-refractivity contribution < 1.29 is 13.7 Å². The van der Waals surface area contributed by atoms with Gasteiger partial charge in [-0.1, -0.05) is 30.3 Å². The van der Waals surface area contributed by atoms with E-state index in [1.54, 1.807) is 25.1 Å². The SMILES string of the molecule is CCc1ccccc1NC(=O)c1cc(-c2ccc(F)cc2)nc2onc(C)c12. The number of carbonyl (C=O) groups is 1. The smallest absolute Gasteiger partial charge is 0.259 e. The molecule has 140 valence electrons. The minimum Gasteiger partial charge on any atom is -0.335 e. The van der Waals surface area contributed by atoms with E-state index in [9.17, 15) is 9.18 Å². The van der Waals surface area contributed by atoms with Gasteiger partial charge < -0.3 is 9.84 Å². The van der Waals surface area contributed by atoms with Crippen LogP contribution in [-0.2, 0) is 6.42 Å². The molecule has 0 spiro atoms. The number of amides is 1. The second kappa shape index (κ2) is 7.23. The standard InChI is InChI=1S/C22H18FN3O2/c1-3-14-6-4-5-7-18(14)24-21(27)17-12-19(15-8-10-16(23)11-9-15)25-22-20(17)13(2)26-28-22/h4-12H,3H2,1-2H3,(H,24,27). The number of nitrogens with one attached hydrogen (secondary N) is 1. The van der Waals surface area contributed by atoms with E-state index in [1.807, 2.05) is 31.2 Å². The number of hydrogen-bond donors (Lipinski definition) is 1. The zero-order valence-corrected chi connectivity index (χ0v) is 15.5. The highest BCUT2D eigenvalue weighted by atomic mass is 19.1. The fourth-order valence-electron chi connectivity index (χ4n) is 3.18. The van der Waals surface area contributed by atoms with Crippen molar-refractivity contribution in [3.05, 3.63) is 77.2 Å². The van der Waals surface area contributed by atoms with Crippen molar-refractivity contribution in [3.63, 3.8) is 0 Å². The Kier molecular flexibility index (Phi) is 4.61. The van der Waals surface area contributed by atoms with Crippen molar-refractivity contribution in [1.82, 2.24) is 10.1 Å². The molecule has 0 unspecified atom stereocenters. The lowest BCUT2D eigenvalue weighted by atomic mass is 10.0. The van der Waals surface area contributed by atoms with Gasteiger partial charge in [0.25, 0.3) is 11.6 Å². The molecule has 0 aliphatic carbocycles. The molecule has 0 aliphatic rings. The monoisotopic (exact) mass is 375 g/mol. The number of para-hydroxylation sites is 1. The Bertz CT molecular complexity index is 1170. The first-order valence-electron chi connectivity index (χ1n) is 8.99. The molecule has 0 radical (unpaired) electrons. The molecular formula is C22H18FN3O2. The van der Waals surface area contributed by atoms with Crippen LogP contribution in [0.2, 0.25) is 0 Å². The summed E-state index contributed by atoms with van der Waals surface area (Å²) in [6.45, 7) is 3.80. The third-order valence-electron chi connectivity index (χ3n) is 4.65. The van der Waals surface area contributed by atoms with Gasteiger partial charge in [-0.25, -0.2) is 9.37 Å². The lowest BCUT2D eigenvalue weighted by Gasteiger charge is -2.11. The van der Waals surface area contributed by atoms with Gasteiger partial charge in [-0.05, 0) is 55.3 Å². The fraction of sp³-hybridized carbons (Fsp3) is 0.136. The van der Waals surface area contributed by atoms with Crippen LogP contribution < -0.4 is 5.32 Å². The third kappa shape index (κ3) is 3.24. The van der Waals surface area contributed by atoms with E-state index in [0.717, 1.165) is 17.7 Å². The Balaban J connectivity index is 1.81. The Morgan fingerprint density at radius 2 is 1.89 bits per heavy atom. The molecule has 1 N–H and O–H groups in total. The van der Waals surface area contributed by atoms with Gasteiger partial charge in [0.15, 0.2) is 0 Å². The van der Waals surface area contributed by atoms with Crippen molar-refractivity contribution in [2.24, 2.45) is 0 Å². The van der Waals surface area contributed by atoms with Crippen LogP contribution in [0.5, 0.6) is 0 Å². The summed E-state index contributed by atoms with van der Waals surface area (Å²) in [5.41, 5.74) is 4.27. The van der Waals surface area contributed by atoms with Crippen LogP contribution >= 0.6 is 0 Å². The van der Waals surface area contributed by atoms with Crippen LogP contribution in [0, 0.1) is 12.7 Å². The summed E-state index contributed by atoms with van der Waals surface area (Å²) < 4.78 is 18.6. The van der Waals surface area contributed by atoms with E-state index in [-0.39, 0.29) is 17.4 Å². The molecular weight excluding hydrogens is 357 g/mol. The number of aromatic nitrogens is 2. The number of halogens is 1. The molecule has 0 saturated carbocycles. The molecule has 4 rings (SSSR count). The van der Waals surface area contributed by atoms with E-state index in [1.165, 1.54) is 12.1 Å². The molecule has 2 aromatic carbocycles. The Morgan fingerprint density at radius 3 is 2.64 bits per heavy atom. The van der Waals surface area contributed by atoms with Crippen LogP contribution in [0.4, 0.5) is 10.1 Å². The number of anilines is 1. The lowest BCUT2D eigenvalue weighted by molar-refractivity contribution is 0.102. The van der Waals surface area contributed by atoms with Gasteiger partial charge in [-0.3, -0.25) is 4.79 Å². The van der Waals surface area contributed by atoms with Gasteiger partial charge in [-0.15, -0.1) is 0 Å². The summed E-state index contributed by atoms with van der Waals surface area (Å²) >= 11 is 0. The summed E-state index contributed by atoms with van der Waals surface area (Å²) in [7, 11) is 0. The predicted octanol–water partition coefficient (Wildman–Crippen LogP) is 5.15. The summed E-state index contributed by atoms with van der Waals surface area (Å²) in [6, 6.07) is 15.3. The number of hydrogen-bond acceptors (Lipinski definition) is 4. The van der Waals surface area contributed by atoms with Gasteiger partial charge in [-0.2, -0.15) is 0 Å². The number of carbonyl (C=O) groups excluding carboxylic acids is 1. The van der Waals surface area contributed by atoms with Crippen LogP contribution in [0.25, 0.3) is 22.4 Å². The second-order valence-electron chi connectivity index (χ2n) is 6.47. The maximum atomic E-state index is 13.3. The summed E-state index contributed by atoms with van der Waals surface area (Å²) in [4.78, 5) is 17.6. The van der Waals surface area contributed by atoms with Crippen molar-refractivity contribution in [1.29, 1.82) is 0 Å². The topological polar surface area (TPSA) is 68.0 Å². The lowest BCUT2D eigenvalue weighted by Crippen LogP contribution is -2.14. The molecule has 6 heteroatoms. The largest absolute Gasteiger partial charge is 0.335 e. The van der Waals surface area contributed by atoms with Gasteiger partial charge in [0, 0.05) is 11.3 Å². The fourth-order valence-corrected chi connectivity index (χ4v) is 3.18. The summed E-state index contributed by atoms with van der Waals surface area (Å²) in [5, 5.41) is 7.50. The Morgan fingerprint density at radius 1 is 1.14 bits per heavy atom. The maximum Gasteiger partial charge on any atom is 0.259 e. The first-order chi connectivity index (χ1) is 13.6. The molecule has 1 amide bonds. The molecule has 0 bridgehead atoms. The summed E-state index contributed by atoms with van der Waals surface area (Å²) in [6.07, 6.45) is 0.801. The average molecular weight is 375 g/mol. The molecule has 5 nitrogen and oxygen atoms in total. The van der Waals surface area contributed by atoms with Crippen LogP contribution in [0.3, 0.4) is 0 Å². The number of nitrogens with zero attached hydrogens (tertiary/aromatic N) is 2. The number of fused-ring (bicyclic) bond motifs is 1. The van der Waals surface area contributed by atoms with Gasteiger partial charge in [0.1, 0.15) is 5.82 Å². The summed E-state index contributed by atoms with van der Waals surface area (Å²) in [5.74, 6) is -0.613. The molecule has 4 aromatic rings. The molecule has 0 fully saturated rings. The molecule has 2 heterocycles. The van der Waals surface area contributed by atoms with Crippen molar-refractivity contribution in [2.45, 2.75) is 20.3 Å². The van der Waals surface area contributed by atoms with Gasteiger partial charge in [0.05, 0.1) is 22.3 Å². The van der Waals surface area contributed by atoms with E-state index in [0.29, 0.717) is 27.9 Å². The minimum absolute atomic E-state index is 0.272. The van der Waals surface area contributed by atoms with Crippen molar-refractivity contribution in [2.75, 3.05) is 5.32 Å². The van der Waals surface area contributed by atoms with E-state index in [2.05, 4.69) is 15.5 Å². The Labute approximate surface area is 161 Å². The van der Waals surface area contributed by atoms with Gasteiger partial charge in [0.2, 0.25) is 0 Å². The van der Waals surface area contributed by atoms with Crippen molar-refractivity contribution >= 4 is 22.7 Å². The first kappa shape index (κ1) is 17.9.